The number of tetrazole rings is 1. The summed E-state index contributed by atoms with van der Waals surface area (Å²) in [5.74, 6) is -0.199. The molecule has 2 heterocycles. The largest absolute Gasteiger partial charge is 0.364 e. The van der Waals surface area contributed by atoms with Crippen LogP contribution in [0.2, 0.25) is 0 Å². The molecule has 1 saturated heterocycles. The van der Waals surface area contributed by atoms with Crippen LogP contribution in [0.5, 0.6) is 0 Å². The van der Waals surface area contributed by atoms with Gasteiger partial charge in [-0.15, -0.1) is 5.10 Å². The molecule has 4 rings (SSSR count). The fourth-order valence-corrected chi connectivity index (χ4v) is 3.45. The van der Waals surface area contributed by atoms with Gasteiger partial charge in [0.2, 0.25) is 0 Å². The number of hydrogen-bond donors (Lipinski definition) is 0. The summed E-state index contributed by atoms with van der Waals surface area (Å²) in [6, 6.07) is 12.0. The number of rotatable bonds is 3. The summed E-state index contributed by atoms with van der Waals surface area (Å²) < 4.78 is 29.6. The van der Waals surface area contributed by atoms with Crippen molar-refractivity contribution in [2.45, 2.75) is 18.9 Å². The quantitative estimate of drug-likeness (QED) is 0.734. The topological polar surface area (TPSA) is 46.8 Å². The third kappa shape index (κ3) is 2.75. The van der Waals surface area contributed by atoms with Crippen molar-refractivity contribution in [3.8, 4) is 11.4 Å². The zero-order valence-corrected chi connectivity index (χ0v) is 13.7. The molecule has 5 nitrogen and oxygen atoms in total. The van der Waals surface area contributed by atoms with Crippen molar-refractivity contribution < 1.29 is 8.78 Å². The monoisotopic (exact) mass is 340 g/mol. The van der Waals surface area contributed by atoms with Crippen LogP contribution in [0.25, 0.3) is 11.4 Å². The normalized spacial score (nSPS) is 17.2. The minimum Gasteiger partial charge on any atom is -0.364 e. The van der Waals surface area contributed by atoms with Crippen LogP contribution in [-0.4, -0.2) is 26.8 Å². The van der Waals surface area contributed by atoms with Gasteiger partial charge < -0.3 is 4.90 Å². The van der Waals surface area contributed by atoms with E-state index in [4.69, 9.17) is 0 Å². The Morgan fingerprint density at radius 3 is 2.92 bits per heavy atom. The van der Waals surface area contributed by atoms with E-state index < -0.39 is 5.82 Å². The van der Waals surface area contributed by atoms with Gasteiger partial charge in [-0.1, -0.05) is 6.07 Å². The summed E-state index contributed by atoms with van der Waals surface area (Å²) in [6.45, 7) is 0.747. The molecule has 127 valence electrons. The predicted octanol–water partition coefficient (Wildman–Crippen LogP) is 3.30. The Kier molecular flexibility index (Phi) is 3.91. The Labute approximate surface area is 143 Å². The maximum Gasteiger partial charge on any atom is 0.183 e. The first-order chi connectivity index (χ1) is 12.1. The lowest BCUT2D eigenvalue weighted by molar-refractivity contribution is 0.561. The molecule has 0 N–H and O–H groups in total. The summed E-state index contributed by atoms with van der Waals surface area (Å²) in [4.78, 5) is 2.08. The molecular formula is C18H16F2N5. The first-order valence-corrected chi connectivity index (χ1v) is 8.09. The molecule has 1 aliphatic rings. The minimum absolute atomic E-state index is 0.230. The van der Waals surface area contributed by atoms with Crippen LogP contribution in [0, 0.1) is 17.7 Å². The number of anilines is 1. The maximum atomic E-state index is 14.3. The van der Waals surface area contributed by atoms with Crippen molar-refractivity contribution in [3.63, 3.8) is 0 Å². The number of aryl methyl sites for hydroxylation is 1. The lowest BCUT2D eigenvalue weighted by Crippen LogP contribution is -2.24. The number of benzene rings is 2. The summed E-state index contributed by atoms with van der Waals surface area (Å²) in [7, 11) is 1.77. The first kappa shape index (κ1) is 15.7. The third-order valence-corrected chi connectivity index (χ3v) is 4.58. The van der Waals surface area contributed by atoms with E-state index in [2.05, 4.69) is 26.5 Å². The van der Waals surface area contributed by atoms with Crippen molar-refractivity contribution in [1.29, 1.82) is 0 Å². The summed E-state index contributed by atoms with van der Waals surface area (Å²) in [5, 5.41) is 11.6. The predicted molar refractivity (Wildman–Crippen MR) is 88.7 cm³/mol. The van der Waals surface area contributed by atoms with Crippen molar-refractivity contribution in [1.82, 2.24) is 20.2 Å². The molecule has 1 radical (unpaired) electrons. The second kappa shape index (κ2) is 6.23. The average molecular weight is 340 g/mol. The van der Waals surface area contributed by atoms with Gasteiger partial charge in [0, 0.05) is 30.4 Å². The van der Waals surface area contributed by atoms with Gasteiger partial charge in [0.15, 0.2) is 5.82 Å². The first-order valence-electron chi connectivity index (χ1n) is 8.09. The van der Waals surface area contributed by atoms with E-state index in [9.17, 15) is 8.78 Å². The van der Waals surface area contributed by atoms with E-state index in [-0.39, 0.29) is 11.9 Å². The van der Waals surface area contributed by atoms with E-state index in [1.165, 1.54) is 12.1 Å². The van der Waals surface area contributed by atoms with Gasteiger partial charge >= 0.3 is 0 Å². The van der Waals surface area contributed by atoms with Gasteiger partial charge in [-0.2, -0.15) is 0 Å². The highest BCUT2D eigenvalue weighted by molar-refractivity contribution is 5.75. The van der Waals surface area contributed by atoms with Crippen molar-refractivity contribution >= 4 is 5.69 Å². The van der Waals surface area contributed by atoms with Crippen molar-refractivity contribution in [2.75, 3.05) is 11.4 Å². The molecule has 1 atom stereocenters. The lowest BCUT2D eigenvalue weighted by atomic mass is 10.0. The maximum absolute atomic E-state index is 14.3. The molecular weight excluding hydrogens is 324 g/mol. The van der Waals surface area contributed by atoms with Crippen LogP contribution in [0.4, 0.5) is 14.5 Å². The van der Waals surface area contributed by atoms with E-state index in [0.717, 1.165) is 36.7 Å². The SMILES string of the molecule is Cn1nnnc1-c1cc[c]cc1N1CCCC1c1cc(F)ccc1F. The van der Waals surface area contributed by atoms with Crippen molar-refractivity contribution in [3.05, 3.63) is 59.7 Å². The van der Waals surface area contributed by atoms with Gasteiger partial charge in [-0.25, -0.2) is 13.5 Å². The van der Waals surface area contributed by atoms with Crippen LogP contribution < -0.4 is 4.90 Å². The van der Waals surface area contributed by atoms with Crippen LogP contribution in [-0.2, 0) is 7.05 Å². The summed E-state index contributed by atoms with van der Waals surface area (Å²) >= 11 is 0. The minimum atomic E-state index is -0.430. The fraction of sp³-hybridized carbons (Fsp3) is 0.278. The summed E-state index contributed by atoms with van der Waals surface area (Å²) in [6.07, 6.45) is 1.65. The number of nitrogens with zero attached hydrogens (tertiary/aromatic N) is 5. The molecule has 1 unspecified atom stereocenters. The molecule has 25 heavy (non-hydrogen) atoms. The Morgan fingerprint density at radius 2 is 2.12 bits per heavy atom. The average Bonchev–Trinajstić information content (AvgIpc) is 3.26. The Morgan fingerprint density at radius 1 is 1.24 bits per heavy atom. The number of hydrogen-bond acceptors (Lipinski definition) is 4. The van der Waals surface area contributed by atoms with Gasteiger partial charge in [0.25, 0.3) is 0 Å². The zero-order valence-electron chi connectivity index (χ0n) is 13.7. The van der Waals surface area contributed by atoms with Crippen LogP contribution in [0.1, 0.15) is 24.4 Å². The molecule has 0 bridgehead atoms. The second-order valence-corrected chi connectivity index (χ2v) is 6.09. The van der Waals surface area contributed by atoms with Crippen LogP contribution in [0.3, 0.4) is 0 Å². The Bertz CT molecular complexity index is 908. The molecule has 1 aromatic heterocycles. The Hall–Kier alpha value is -2.83. The second-order valence-electron chi connectivity index (χ2n) is 6.09. The summed E-state index contributed by atoms with van der Waals surface area (Å²) in [5.41, 5.74) is 2.09. The molecule has 0 spiro atoms. The number of aromatic nitrogens is 4. The molecule has 0 amide bonds. The van der Waals surface area contributed by atoms with Crippen molar-refractivity contribution in [2.24, 2.45) is 7.05 Å². The highest BCUT2D eigenvalue weighted by atomic mass is 19.1. The van der Waals surface area contributed by atoms with E-state index in [0.29, 0.717) is 11.4 Å². The highest BCUT2D eigenvalue weighted by Gasteiger charge is 2.30. The molecule has 1 aliphatic heterocycles. The standard InChI is InChI=1S/C18H16F2N5/c1-24-18(21-22-23-24)13-5-2-3-6-16(13)25-10-4-7-17(25)14-11-12(19)8-9-15(14)20/h2,5-6,8-9,11,17H,4,7,10H2,1H3. The highest BCUT2D eigenvalue weighted by Crippen LogP contribution is 2.40. The van der Waals surface area contributed by atoms with Gasteiger partial charge in [-0.05, 0) is 59.7 Å². The fourth-order valence-electron chi connectivity index (χ4n) is 3.45. The molecule has 0 aliphatic carbocycles. The zero-order chi connectivity index (χ0) is 17.4. The number of halogens is 2. The van der Waals surface area contributed by atoms with Crippen LogP contribution >= 0.6 is 0 Å². The van der Waals surface area contributed by atoms with Gasteiger partial charge in [0.1, 0.15) is 11.6 Å². The van der Waals surface area contributed by atoms with E-state index in [1.54, 1.807) is 17.8 Å². The molecule has 2 aromatic carbocycles. The molecule has 7 heteroatoms. The van der Waals surface area contributed by atoms with Gasteiger partial charge in [-0.3, -0.25) is 0 Å². The van der Waals surface area contributed by atoms with Gasteiger partial charge in [0.05, 0.1) is 6.04 Å². The smallest absolute Gasteiger partial charge is 0.183 e. The molecule has 3 aromatic rings. The van der Waals surface area contributed by atoms with E-state index >= 15 is 0 Å². The molecule has 0 saturated carbocycles. The lowest BCUT2D eigenvalue weighted by Gasteiger charge is -2.29. The third-order valence-electron chi connectivity index (χ3n) is 4.58. The van der Waals surface area contributed by atoms with E-state index in [1.807, 2.05) is 12.1 Å². The Balaban J connectivity index is 1.80. The van der Waals surface area contributed by atoms with Crippen LogP contribution in [0.15, 0.2) is 36.4 Å². The molecule has 1 fully saturated rings.